The molecule has 1 amide bonds. The van der Waals surface area contributed by atoms with E-state index in [-0.39, 0.29) is 12.5 Å². The molecule has 1 aromatic carbocycles. The Balaban J connectivity index is 1.65. The summed E-state index contributed by atoms with van der Waals surface area (Å²) in [5, 5.41) is 14.5. The van der Waals surface area contributed by atoms with Crippen LogP contribution in [0.5, 0.6) is 0 Å². The molecule has 0 fully saturated rings. The van der Waals surface area contributed by atoms with Gasteiger partial charge in [0, 0.05) is 10.9 Å². The predicted octanol–water partition coefficient (Wildman–Crippen LogP) is 3.51. The van der Waals surface area contributed by atoms with E-state index in [0.29, 0.717) is 22.6 Å². The average molecular weight is 323 g/mol. The lowest BCUT2D eigenvalue weighted by atomic mass is 10.1. The standard InChI is InChI=1S/C17H13N3O2S/c1-11-20-15(10-23-11)16-6-5-14(22-16)9-19-17(21)13-4-2-3-12(7-13)8-18/h2-7,10H,9H2,1H3,(H,19,21). The minimum atomic E-state index is -0.246. The van der Waals surface area contributed by atoms with Crippen molar-refractivity contribution in [2.45, 2.75) is 13.5 Å². The number of hydrogen-bond donors (Lipinski definition) is 1. The summed E-state index contributed by atoms with van der Waals surface area (Å²) >= 11 is 1.56. The topological polar surface area (TPSA) is 78.9 Å². The zero-order chi connectivity index (χ0) is 16.2. The fourth-order valence-corrected chi connectivity index (χ4v) is 2.69. The van der Waals surface area contributed by atoms with Gasteiger partial charge in [-0.1, -0.05) is 6.07 Å². The van der Waals surface area contributed by atoms with Crippen LogP contribution in [0.3, 0.4) is 0 Å². The van der Waals surface area contributed by atoms with E-state index in [1.165, 1.54) is 0 Å². The number of aryl methyl sites for hydroxylation is 1. The van der Waals surface area contributed by atoms with Crippen LogP contribution in [0.4, 0.5) is 0 Å². The molecule has 2 aromatic heterocycles. The van der Waals surface area contributed by atoms with Gasteiger partial charge in [0.15, 0.2) is 5.76 Å². The molecule has 3 aromatic rings. The fourth-order valence-electron chi connectivity index (χ4n) is 2.09. The fraction of sp³-hybridized carbons (Fsp3) is 0.118. The summed E-state index contributed by atoms with van der Waals surface area (Å²) in [6.07, 6.45) is 0. The van der Waals surface area contributed by atoms with Gasteiger partial charge in [-0.25, -0.2) is 4.98 Å². The van der Waals surface area contributed by atoms with Crippen LogP contribution in [0.25, 0.3) is 11.5 Å². The average Bonchev–Trinajstić information content (AvgIpc) is 3.21. The van der Waals surface area contributed by atoms with E-state index in [0.717, 1.165) is 10.7 Å². The molecule has 0 atom stereocenters. The Bertz CT molecular complexity index is 889. The van der Waals surface area contributed by atoms with E-state index in [9.17, 15) is 4.79 Å². The molecular formula is C17H13N3O2S. The van der Waals surface area contributed by atoms with E-state index < -0.39 is 0 Å². The summed E-state index contributed by atoms with van der Waals surface area (Å²) in [6.45, 7) is 2.21. The summed E-state index contributed by atoms with van der Waals surface area (Å²) < 4.78 is 5.69. The Morgan fingerprint density at radius 2 is 2.26 bits per heavy atom. The second-order valence-electron chi connectivity index (χ2n) is 4.89. The number of benzene rings is 1. The molecule has 0 aliphatic carbocycles. The zero-order valence-corrected chi connectivity index (χ0v) is 13.2. The number of aromatic nitrogens is 1. The number of nitrogens with one attached hydrogen (secondary N) is 1. The van der Waals surface area contributed by atoms with Crippen LogP contribution in [0.2, 0.25) is 0 Å². The number of hydrogen-bond acceptors (Lipinski definition) is 5. The molecule has 6 heteroatoms. The van der Waals surface area contributed by atoms with E-state index in [1.54, 1.807) is 35.6 Å². The van der Waals surface area contributed by atoms with Crippen molar-refractivity contribution in [2.24, 2.45) is 0 Å². The van der Waals surface area contributed by atoms with Crippen molar-refractivity contribution in [3.8, 4) is 17.5 Å². The minimum Gasteiger partial charge on any atom is -0.458 e. The van der Waals surface area contributed by atoms with Crippen LogP contribution in [0.1, 0.15) is 26.7 Å². The summed E-state index contributed by atoms with van der Waals surface area (Å²) in [5.74, 6) is 1.09. The number of rotatable bonds is 4. The van der Waals surface area contributed by atoms with Crippen molar-refractivity contribution in [1.82, 2.24) is 10.3 Å². The highest BCUT2D eigenvalue weighted by Crippen LogP contribution is 2.23. The normalized spacial score (nSPS) is 10.3. The summed E-state index contributed by atoms with van der Waals surface area (Å²) in [6, 6.07) is 12.2. The SMILES string of the molecule is Cc1nc(-c2ccc(CNC(=O)c3cccc(C#N)c3)o2)cs1. The number of thiazole rings is 1. The Morgan fingerprint density at radius 1 is 1.39 bits per heavy atom. The molecule has 23 heavy (non-hydrogen) atoms. The smallest absolute Gasteiger partial charge is 0.251 e. The number of amides is 1. The van der Waals surface area contributed by atoms with Crippen LogP contribution >= 0.6 is 11.3 Å². The molecule has 1 N–H and O–H groups in total. The molecule has 0 radical (unpaired) electrons. The summed E-state index contributed by atoms with van der Waals surface area (Å²) in [7, 11) is 0. The van der Waals surface area contributed by atoms with Crippen LogP contribution in [-0.2, 0) is 6.54 Å². The Kier molecular flexibility index (Phi) is 4.22. The first-order chi connectivity index (χ1) is 11.2. The van der Waals surface area contributed by atoms with Crippen LogP contribution in [0.15, 0.2) is 46.2 Å². The first-order valence-corrected chi connectivity index (χ1v) is 7.83. The second kappa shape index (κ2) is 6.46. The highest BCUT2D eigenvalue weighted by molar-refractivity contribution is 7.09. The van der Waals surface area contributed by atoms with Crippen molar-refractivity contribution in [1.29, 1.82) is 5.26 Å². The second-order valence-corrected chi connectivity index (χ2v) is 5.96. The number of nitrogens with zero attached hydrogens (tertiary/aromatic N) is 2. The van der Waals surface area contributed by atoms with Gasteiger partial charge in [-0.15, -0.1) is 11.3 Å². The highest BCUT2D eigenvalue weighted by atomic mass is 32.1. The van der Waals surface area contributed by atoms with Gasteiger partial charge in [-0.05, 0) is 37.3 Å². The van der Waals surface area contributed by atoms with E-state index in [1.807, 2.05) is 30.5 Å². The maximum Gasteiger partial charge on any atom is 0.251 e. The van der Waals surface area contributed by atoms with Gasteiger partial charge in [0.05, 0.1) is 23.2 Å². The van der Waals surface area contributed by atoms with Crippen molar-refractivity contribution < 1.29 is 9.21 Å². The van der Waals surface area contributed by atoms with Gasteiger partial charge in [0.25, 0.3) is 5.91 Å². The molecule has 0 bridgehead atoms. The first kappa shape index (κ1) is 15.0. The van der Waals surface area contributed by atoms with Gasteiger partial charge in [0.1, 0.15) is 11.5 Å². The van der Waals surface area contributed by atoms with E-state index in [2.05, 4.69) is 10.3 Å². The molecule has 114 valence electrons. The van der Waals surface area contributed by atoms with Crippen LogP contribution in [-0.4, -0.2) is 10.9 Å². The lowest BCUT2D eigenvalue weighted by Crippen LogP contribution is -2.22. The lowest BCUT2D eigenvalue weighted by Gasteiger charge is -2.03. The molecule has 0 saturated carbocycles. The van der Waals surface area contributed by atoms with Crippen molar-refractivity contribution in [2.75, 3.05) is 0 Å². The van der Waals surface area contributed by atoms with Gasteiger partial charge in [-0.2, -0.15) is 5.26 Å². The summed E-state index contributed by atoms with van der Waals surface area (Å²) in [5.41, 5.74) is 1.70. The van der Waals surface area contributed by atoms with Crippen molar-refractivity contribution >= 4 is 17.2 Å². The zero-order valence-electron chi connectivity index (χ0n) is 12.4. The Labute approximate surface area is 137 Å². The number of carbonyl (C=O) groups excluding carboxylic acids is 1. The van der Waals surface area contributed by atoms with Crippen molar-refractivity contribution in [3.05, 3.63) is 63.7 Å². The van der Waals surface area contributed by atoms with Gasteiger partial charge >= 0.3 is 0 Å². The van der Waals surface area contributed by atoms with Crippen LogP contribution < -0.4 is 5.32 Å². The Morgan fingerprint density at radius 3 is 3.00 bits per heavy atom. The first-order valence-electron chi connectivity index (χ1n) is 6.95. The third-order valence-electron chi connectivity index (χ3n) is 3.21. The maximum absolute atomic E-state index is 12.1. The quantitative estimate of drug-likeness (QED) is 0.797. The van der Waals surface area contributed by atoms with Gasteiger partial charge < -0.3 is 9.73 Å². The van der Waals surface area contributed by atoms with Crippen molar-refractivity contribution in [3.63, 3.8) is 0 Å². The lowest BCUT2D eigenvalue weighted by molar-refractivity contribution is 0.0948. The Hall–Kier alpha value is -2.91. The largest absolute Gasteiger partial charge is 0.458 e. The molecule has 0 unspecified atom stereocenters. The predicted molar refractivity (Wildman–Crippen MR) is 86.9 cm³/mol. The van der Waals surface area contributed by atoms with E-state index in [4.69, 9.17) is 9.68 Å². The maximum atomic E-state index is 12.1. The third-order valence-corrected chi connectivity index (χ3v) is 3.98. The number of nitriles is 1. The molecule has 0 spiro atoms. The number of carbonyl (C=O) groups is 1. The minimum absolute atomic E-state index is 0.246. The molecule has 5 nitrogen and oxygen atoms in total. The molecule has 0 aliphatic rings. The number of furan rings is 1. The van der Waals surface area contributed by atoms with Crippen LogP contribution in [0, 0.1) is 18.3 Å². The van der Waals surface area contributed by atoms with E-state index >= 15 is 0 Å². The molecule has 2 heterocycles. The third kappa shape index (κ3) is 3.47. The molecule has 3 rings (SSSR count). The monoisotopic (exact) mass is 323 g/mol. The highest BCUT2D eigenvalue weighted by Gasteiger charge is 2.10. The summed E-state index contributed by atoms with van der Waals surface area (Å²) in [4.78, 5) is 16.5. The van der Waals surface area contributed by atoms with Gasteiger partial charge in [0.2, 0.25) is 0 Å². The molecule has 0 aliphatic heterocycles. The van der Waals surface area contributed by atoms with Gasteiger partial charge in [-0.3, -0.25) is 4.79 Å². The molecule has 0 saturated heterocycles. The molecular weight excluding hydrogens is 310 g/mol.